The van der Waals surface area contributed by atoms with Crippen molar-refractivity contribution in [3.05, 3.63) is 24.0 Å². The minimum absolute atomic E-state index is 0.0405. The molecule has 1 saturated heterocycles. The number of primary amides is 1. The van der Waals surface area contributed by atoms with Crippen molar-refractivity contribution in [2.24, 2.45) is 12.8 Å². The van der Waals surface area contributed by atoms with E-state index < -0.39 is 0 Å². The van der Waals surface area contributed by atoms with E-state index in [0.717, 1.165) is 19.4 Å². The molecule has 1 aromatic rings. The van der Waals surface area contributed by atoms with Crippen LogP contribution in [0.2, 0.25) is 0 Å². The van der Waals surface area contributed by atoms with Crippen LogP contribution >= 0.6 is 0 Å². The highest BCUT2D eigenvalue weighted by Crippen LogP contribution is 2.17. The zero-order valence-corrected chi connectivity index (χ0v) is 9.93. The van der Waals surface area contributed by atoms with Crippen molar-refractivity contribution in [3.8, 4) is 0 Å². The first-order valence-electron chi connectivity index (χ1n) is 5.76. The molecular weight excluding hydrogens is 218 g/mol. The monoisotopic (exact) mass is 235 g/mol. The van der Waals surface area contributed by atoms with Gasteiger partial charge < -0.3 is 10.3 Å². The van der Waals surface area contributed by atoms with Crippen LogP contribution in [0.5, 0.6) is 0 Å². The molecule has 0 radical (unpaired) electrons. The fourth-order valence-corrected chi connectivity index (χ4v) is 2.28. The van der Waals surface area contributed by atoms with Crippen LogP contribution in [0.4, 0.5) is 0 Å². The molecular formula is C12H17N3O2. The van der Waals surface area contributed by atoms with Gasteiger partial charge in [0.15, 0.2) is 5.78 Å². The molecule has 5 nitrogen and oxygen atoms in total. The predicted octanol–water partition coefficient (Wildman–Crippen LogP) is 0.158. The summed E-state index contributed by atoms with van der Waals surface area (Å²) in [4.78, 5) is 25.0. The maximum atomic E-state index is 12.0. The van der Waals surface area contributed by atoms with E-state index in [2.05, 4.69) is 0 Å². The van der Waals surface area contributed by atoms with Crippen molar-refractivity contribution in [1.29, 1.82) is 0 Å². The van der Waals surface area contributed by atoms with Crippen LogP contribution in [-0.4, -0.2) is 40.3 Å². The normalized spacial score (nSPS) is 20.6. The van der Waals surface area contributed by atoms with Crippen molar-refractivity contribution in [2.45, 2.75) is 18.9 Å². The molecule has 0 aromatic carbocycles. The Kier molecular flexibility index (Phi) is 3.28. The van der Waals surface area contributed by atoms with Crippen LogP contribution in [-0.2, 0) is 11.8 Å². The Balaban J connectivity index is 2.01. The lowest BCUT2D eigenvalue weighted by Gasteiger charge is -2.20. The molecule has 1 aliphatic rings. The van der Waals surface area contributed by atoms with Crippen LogP contribution in [0.15, 0.2) is 18.5 Å². The van der Waals surface area contributed by atoms with Gasteiger partial charge in [-0.25, -0.2) is 0 Å². The molecule has 1 aromatic heterocycles. The maximum absolute atomic E-state index is 12.0. The Morgan fingerprint density at radius 1 is 1.53 bits per heavy atom. The highest BCUT2D eigenvalue weighted by Gasteiger charge is 2.30. The fraction of sp³-hybridized carbons (Fsp3) is 0.500. The summed E-state index contributed by atoms with van der Waals surface area (Å²) >= 11 is 0. The van der Waals surface area contributed by atoms with Gasteiger partial charge in [0, 0.05) is 25.0 Å². The predicted molar refractivity (Wildman–Crippen MR) is 63.5 cm³/mol. The minimum Gasteiger partial charge on any atom is -0.368 e. The van der Waals surface area contributed by atoms with Gasteiger partial charge in [-0.2, -0.15) is 0 Å². The van der Waals surface area contributed by atoms with Gasteiger partial charge in [0.05, 0.1) is 12.6 Å². The van der Waals surface area contributed by atoms with Crippen molar-refractivity contribution in [2.75, 3.05) is 13.1 Å². The summed E-state index contributed by atoms with van der Waals surface area (Å²) in [6, 6.07) is 1.51. The number of nitrogens with two attached hydrogens (primary N) is 1. The highest BCUT2D eigenvalue weighted by molar-refractivity contribution is 5.97. The summed E-state index contributed by atoms with van der Waals surface area (Å²) in [5.74, 6) is -0.290. The molecule has 1 amide bonds. The number of nitrogens with zero attached hydrogens (tertiary/aromatic N) is 2. The smallest absolute Gasteiger partial charge is 0.234 e. The van der Waals surface area contributed by atoms with Crippen LogP contribution in [0, 0.1) is 0 Å². The number of hydrogen-bond acceptors (Lipinski definition) is 3. The molecule has 1 atom stereocenters. The molecule has 0 bridgehead atoms. The van der Waals surface area contributed by atoms with Gasteiger partial charge in [-0.05, 0) is 25.5 Å². The Hall–Kier alpha value is -1.62. The molecule has 1 unspecified atom stereocenters. The van der Waals surface area contributed by atoms with Crippen LogP contribution in [0.25, 0.3) is 0 Å². The molecule has 2 rings (SSSR count). The van der Waals surface area contributed by atoms with Crippen molar-refractivity contribution >= 4 is 11.7 Å². The summed E-state index contributed by atoms with van der Waals surface area (Å²) < 4.78 is 1.84. The largest absolute Gasteiger partial charge is 0.368 e. The summed E-state index contributed by atoms with van der Waals surface area (Å²) in [6.07, 6.45) is 5.31. The van der Waals surface area contributed by atoms with E-state index in [1.807, 2.05) is 22.7 Å². The molecule has 2 heterocycles. The standard InChI is InChI=1S/C12H17N3O2/c1-14-6-4-9(7-14)11(16)8-15-5-2-3-10(15)12(13)17/h4,6-7,10H,2-3,5,8H2,1H3,(H2,13,17). The van der Waals surface area contributed by atoms with E-state index >= 15 is 0 Å². The first-order valence-corrected chi connectivity index (χ1v) is 5.76. The number of Topliss-reactive ketones (excluding diaryl/α,β-unsaturated/α-hetero) is 1. The van der Waals surface area contributed by atoms with Gasteiger partial charge in [-0.1, -0.05) is 0 Å². The highest BCUT2D eigenvalue weighted by atomic mass is 16.1. The fourth-order valence-electron chi connectivity index (χ4n) is 2.28. The van der Waals surface area contributed by atoms with Crippen molar-refractivity contribution in [1.82, 2.24) is 9.47 Å². The number of hydrogen-bond donors (Lipinski definition) is 1. The molecule has 2 N–H and O–H groups in total. The molecule has 5 heteroatoms. The third-order valence-electron chi connectivity index (χ3n) is 3.19. The molecule has 17 heavy (non-hydrogen) atoms. The SMILES string of the molecule is Cn1ccc(C(=O)CN2CCCC2C(N)=O)c1. The number of carbonyl (C=O) groups is 2. The molecule has 1 fully saturated rings. The Morgan fingerprint density at radius 2 is 2.29 bits per heavy atom. The van der Waals surface area contributed by atoms with Gasteiger partial charge in [0.25, 0.3) is 0 Å². The van der Waals surface area contributed by atoms with Gasteiger partial charge >= 0.3 is 0 Å². The molecule has 1 aliphatic heterocycles. The van der Waals surface area contributed by atoms with Crippen LogP contribution in [0.1, 0.15) is 23.2 Å². The lowest BCUT2D eigenvalue weighted by molar-refractivity contribution is -0.122. The summed E-state index contributed by atoms with van der Waals surface area (Å²) in [5.41, 5.74) is 5.99. The van der Waals surface area contributed by atoms with Crippen molar-refractivity contribution < 1.29 is 9.59 Å². The van der Waals surface area contributed by atoms with E-state index in [0.29, 0.717) is 5.56 Å². The van der Waals surface area contributed by atoms with E-state index in [1.54, 1.807) is 12.3 Å². The Bertz CT molecular complexity index is 439. The number of amides is 1. The van der Waals surface area contributed by atoms with Crippen LogP contribution in [0.3, 0.4) is 0 Å². The number of aryl methyl sites for hydroxylation is 1. The maximum Gasteiger partial charge on any atom is 0.234 e. The number of ketones is 1. The number of aromatic nitrogens is 1. The summed E-state index contributed by atoms with van der Waals surface area (Å²) in [5, 5.41) is 0. The zero-order chi connectivity index (χ0) is 12.4. The summed E-state index contributed by atoms with van der Waals surface area (Å²) in [6.45, 7) is 1.05. The van der Waals surface area contributed by atoms with Gasteiger partial charge in [0.1, 0.15) is 0 Å². The first kappa shape index (κ1) is 11.9. The second-order valence-electron chi connectivity index (χ2n) is 4.52. The first-order chi connectivity index (χ1) is 8.08. The third-order valence-corrected chi connectivity index (χ3v) is 3.19. The van der Waals surface area contributed by atoms with Gasteiger partial charge in [-0.15, -0.1) is 0 Å². The van der Waals surface area contributed by atoms with Gasteiger partial charge in [0.2, 0.25) is 5.91 Å². The number of rotatable bonds is 4. The van der Waals surface area contributed by atoms with Crippen molar-refractivity contribution in [3.63, 3.8) is 0 Å². The number of carbonyl (C=O) groups excluding carboxylic acids is 2. The van der Waals surface area contributed by atoms with E-state index in [-0.39, 0.29) is 24.3 Å². The third kappa shape index (κ3) is 2.55. The lowest BCUT2D eigenvalue weighted by Crippen LogP contribution is -2.42. The molecule has 0 aliphatic carbocycles. The Morgan fingerprint density at radius 3 is 2.88 bits per heavy atom. The minimum atomic E-state index is -0.330. The molecule has 0 spiro atoms. The quantitative estimate of drug-likeness (QED) is 0.756. The van der Waals surface area contributed by atoms with Gasteiger partial charge in [-0.3, -0.25) is 14.5 Å². The second-order valence-corrected chi connectivity index (χ2v) is 4.52. The molecule has 0 saturated carbocycles. The lowest BCUT2D eigenvalue weighted by atomic mass is 10.2. The average molecular weight is 235 g/mol. The average Bonchev–Trinajstić information content (AvgIpc) is 2.86. The topological polar surface area (TPSA) is 68.3 Å². The zero-order valence-electron chi connectivity index (χ0n) is 9.93. The van der Waals surface area contributed by atoms with E-state index in [9.17, 15) is 9.59 Å². The van der Waals surface area contributed by atoms with E-state index in [4.69, 9.17) is 5.73 Å². The summed E-state index contributed by atoms with van der Waals surface area (Å²) in [7, 11) is 1.87. The number of likely N-dealkylation sites (tertiary alicyclic amines) is 1. The molecule has 92 valence electrons. The Labute approximate surface area is 100 Å². The van der Waals surface area contributed by atoms with E-state index in [1.165, 1.54) is 0 Å². The van der Waals surface area contributed by atoms with Crippen LogP contribution < -0.4 is 5.73 Å². The second kappa shape index (κ2) is 4.71.